The van der Waals surface area contributed by atoms with Gasteiger partial charge in [0.1, 0.15) is 42.3 Å². The second-order valence-corrected chi connectivity index (χ2v) is 17.6. The lowest BCUT2D eigenvalue weighted by atomic mass is 10.0. The van der Waals surface area contributed by atoms with E-state index in [0.29, 0.717) is 18.6 Å². The summed E-state index contributed by atoms with van der Waals surface area (Å²) in [5.41, 5.74) is 17.3. The zero-order valence-corrected chi connectivity index (χ0v) is 38.0. The fourth-order valence-corrected chi connectivity index (χ4v) is 8.13. The van der Waals surface area contributed by atoms with Gasteiger partial charge >= 0.3 is 5.97 Å². The molecule has 2 saturated heterocycles. The molecule has 3 rings (SSSR count). The van der Waals surface area contributed by atoms with Crippen LogP contribution >= 0.6 is 24.4 Å². The van der Waals surface area contributed by atoms with Crippen molar-refractivity contribution >= 4 is 83.5 Å². The normalized spacial score (nSPS) is 18.7. The van der Waals surface area contributed by atoms with E-state index in [2.05, 4.69) is 39.2 Å². The molecular weight excluding hydrogens is 873 g/mol. The van der Waals surface area contributed by atoms with Crippen LogP contribution in [-0.4, -0.2) is 153 Å². The second-order valence-electron chi connectivity index (χ2n) is 16.3. The van der Waals surface area contributed by atoms with Crippen molar-refractivity contribution in [3.63, 3.8) is 0 Å². The molecule has 0 bridgehead atoms. The second kappa shape index (κ2) is 25.8. The number of thioether (sulfide) groups is 1. The number of nitrogens with one attached hydrogen (secondary N) is 5. The van der Waals surface area contributed by atoms with Crippen molar-refractivity contribution in [3.8, 4) is 0 Å². The van der Waals surface area contributed by atoms with Crippen molar-refractivity contribution < 1.29 is 53.1 Å². The van der Waals surface area contributed by atoms with E-state index in [1.165, 1.54) is 21.6 Å². The predicted molar refractivity (Wildman–Crippen MR) is 239 cm³/mol. The lowest BCUT2D eigenvalue weighted by molar-refractivity contribution is -0.149. The summed E-state index contributed by atoms with van der Waals surface area (Å²) in [4.78, 5) is 134. The zero-order valence-electron chi connectivity index (χ0n) is 36.3. The quantitative estimate of drug-likeness (QED) is 0.0455. The molecule has 0 saturated carbocycles. The molecule has 12 N–H and O–H groups in total. The van der Waals surface area contributed by atoms with E-state index >= 15 is 0 Å². The van der Waals surface area contributed by atoms with Crippen LogP contribution in [0.1, 0.15) is 70.8 Å². The van der Waals surface area contributed by atoms with Gasteiger partial charge in [-0.15, -0.1) is 0 Å². The van der Waals surface area contributed by atoms with E-state index in [9.17, 15) is 53.1 Å². The first kappa shape index (κ1) is 52.9. The highest BCUT2D eigenvalue weighted by Gasteiger charge is 2.45. The fourth-order valence-electron chi connectivity index (χ4n) is 7.50. The maximum absolute atomic E-state index is 14.2. The summed E-state index contributed by atoms with van der Waals surface area (Å²) in [7, 11) is 0. The van der Waals surface area contributed by atoms with Gasteiger partial charge < -0.3 is 58.7 Å². The Labute approximate surface area is 381 Å². The molecule has 64 heavy (non-hydrogen) atoms. The monoisotopic (exact) mass is 934 g/mol. The Morgan fingerprint density at radius 1 is 0.734 bits per heavy atom. The van der Waals surface area contributed by atoms with Crippen LogP contribution in [0.5, 0.6) is 0 Å². The van der Waals surface area contributed by atoms with Gasteiger partial charge in [0, 0.05) is 25.3 Å². The van der Waals surface area contributed by atoms with Gasteiger partial charge in [0.05, 0.1) is 18.9 Å². The molecule has 0 aliphatic carbocycles. The highest BCUT2D eigenvalue weighted by molar-refractivity contribution is 7.98. The van der Waals surface area contributed by atoms with E-state index in [-0.39, 0.29) is 56.9 Å². The number of aliphatic carboxylic acids is 1. The van der Waals surface area contributed by atoms with E-state index in [0.717, 1.165) is 5.56 Å². The van der Waals surface area contributed by atoms with Crippen LogP contribution in [0.4, 0.5) is 0 Å². The summed E-state index contributed by atoms with van der Waals surface area (Å²) in [6.45, 7) is 3.76. The fraction of sp³-hybridized carbons (Fsp3) is 0.610. The average Bonchev–Trinajstić information content (AvgIpc) is 3.94. The van der Waals surface area contributed by atoms with Crippen LogP contribution in [0, 0.1) is 5.92 Å². The van der Waals surface area contributed by atoms with E-state index < -0.39 is 120 Å². The Bertz CT molecular complexity index is 1860. The van der Waals surface area contributed by atoms with Gasteiger partial charge in [-0.1, -0.05) is 44.2 Å². The number of amides is 9. The summed E-state index contributed by atoms with van der Waals surface area (Å²) in [6, 6.07) is -1.08. The minimum atomic E-state index is -1.62. The van der Waals surface area contributed by atoms with E-state index in [1.54, 1.807) is 44.2 Å². The Balaban J connectivity index is 1.81. The summed E-state index contributed by atoms with van der Waals surface area (Å²) in [6.07, 6.45) is 1.87. The Morgan fingerprint density at radius 2 is 1.27 bits per heavy atom. The molecule has 0 unspecified atom stereocenters. The SMILES string of the molecule is CSCC[C@H](NC(=O)[C@H](Cc1ccccc1)NC(=O)[C@@H](N)CS)C(=O)N[C@@H](CC(C)C)C(=O)N[C@@H](CC(N)=O)C(=O)N1CCC[C@H]1C(=O)N1CCC[C@H]1C(=O)N[C@@H](CC(N)=O)C(=O)O. The first-order valence-electron chi connectivity index (χ1n) is 21.1. The van der Waals surface area contributed by atoms with Crippen molar-refractivity contribution in [2.45, 2.75) is 120 Å². The van der Waals surface area contributed by atoms with Crippen LogP contribution in [-0.2, 0) is 54.4 Å². The molecule has 1 aromatic rings. The molecule has 1 aromatic carbocycles. The van der Waals surface area contributed by atoms with Crippen LogP contribution in [0.3, 0.4) is 0 Å². The molecule has 2 aliphatic heterocycles. The lowest BCUT2D eigenvalue weighted by Gasteiger charge is -2.33. The molecule has 8 atom stereocenters. The summed E-state index contributed by atoms with van der Waals surface area (Å²) < 4.78 is 0. The number of thiol groups is 1. The molecule has 21 nitrogen and oxygen atoms in total. The minimum Gasteiger partial charge on any atom is -0.480 e. The highest BCUT2D eigenvalue weighted by Crippen LogP contribution is 2.26. The van der Waals surface area contributed by atoms with Crippen molar-refractivity contribution in [1.29, 1.82) is 0 Å². The zero-order chi connectivity index (χ0) is 47.7. The number of hydrogen-bond donors (Lipinski definition) is 10. The van der Waals surface area contributed by atoms with Crippen LogP contribution in [0.2, 0.25) is 0 Å². The predicted octanol–water partition coefficient (Wildman–Crippen LogP) is -2.47. The van der Waals surface area contributed by atoms with Crippen LogP contribution in [0.25, 0.3) is 0 Å². The molecule has 354 valence electrons. The molecular formula is C41H62N10O11S2. The molecule has 0 spiro atoms. The number of rotatable bonds is 25. The average molecular weight is 935 g/mol. The molecule has 2 fully saturated rings. The Hall–Kier alpha value is -5.42. The van der Waals surface area contributed by atoms with Gasteiger partial charge in [-0.2, -0.15) is 24.4 Å². The van der Waals surface area contributed by atoms with Gasteiger partial charge in [-0.05, 0) is 62.0 Å². The van der Waals surface area contributed by atoms with Crippen molar-refractivity contribution in [2.75, 3.05) is 30.9 Å². The third-order valence-corrected chi connectivity index (χ3v) is 11.8. The standard InChI is InChI=1S/C41H62N10O11S2/c1-22(2)17-26(47-35(55)25(13-16-64-3)45-37(57)27(46-34(54)24(42)21-63)18-23-9-5-4-6-10-23)36(56)48-28(19-32(43)52)39(59)51-15-8-12-31(51)40(60)50-14-7-11-30(50)38(58)49-29(41(61)62)20-33(44)53/h4-6,9-10,22,24-31,63H,7-8,11-21,42H2,1-3H3,(H2,43,52)(H2,44,53)(H,45,57)(H,46,54)(H,47,55)(H,48,56)(H,49,58)(H,61,62)/t24-,25-,26-,27-,28-,29-,30-,31-/m0/s1. The van der Waals surface area contributed by atoms with Crippen molar-refractivity contribution in [2.24, 2.45) is 23.1 Å². The number of carboxylic acids is 1. The number of likely N-dealkylation sites (tertiary alicyclic amines) is 2. The molecule has 9 amide bonds. The number of benzene rings is 1. The largest absolute Gasteiger partial charge is 0.480 e. The molecule has 0 radical (unpaired) electrons. The molecule has 23 heteroatoms. The first-order chi connectivity index (χ1) is 30.3. The lowest BCUT2D eigenvalue weighted by Crippen LogP contribution is -2.60. The number of primary amides is 2. The Kier molecular flexibility index (Phi) is 21.3. The van der Waals surface area contributed by atoms with Crippen LogP contribution in [0.15, 0.2) is 30.3 Å². The summed E-state index contributed by atoms with van der Waals surface area (Å²) in [5, 5.41) is 22.4. The smallest absolute Gasteiger partial charge is 0.326 e. The Morgan fingerprint density at radius 3 is 1.84 bits per heavy atom. The topological polar surface area (TPSA) is 336 Å². The summed E-state index contributed by atoms with van der Waals surface area (Å²) >= 11 is 5.49. The van der Waals surface area contributed by atoms with Crippen molar-refractivity contribution in [1.82, 2.24) is 36.4 Å². The highest BCUT2D eigenvalue weighted by atomic mass is 32.2. The van der Waals surface area contributed by atoms with E-state index in [1.807, 2.05) is 6.26 Å². The van der Waals surface area contributed by atoms with Gasteiger partial charge in [-0.3, -0.25) is 43.2 Å². The third-order valence-electron chi connectivity index (χ3n) is 10.7. The number of carboxylic acid groups (broad SMARTS) is 1. The van der Waals surface area contributed by atoms with Crippen molar-refractivity contribution in [3.05, 3.63) is 35.9 Å². The minimum absolute atomic E-state index is 0.0189. The number of carbonyl (C=O) groups is 10. The van der Waals surface area contributed by atoms with Gasteiger partial charge in [-0.25, -0.2) is 4.79 Å². The van der Waals surface area contributed by atoms with Gasteiger partial charge in [0.25, 0.3) is 0 Å². The maximum atomic E-state index is 14.2. The molecule has 2 heterocycles. The summed E-state index contributed by atoms with van der Waals surface area (Å²) in [5.74, 6) is -8.21. The van der Waals surface area contributed by atoms with E-state index in [4.69, 9.17) is 17.2 Å². The van der Waals surface area contributed by atoms with Crippen LogP contribution < -0.4 is 43.8 Å². The number of hydrogen-bond acceptors (Lipinski definition) is 13. The first-order valence-corrected chi connectivity index (χ1v) is 23.1. The molecule has 2 aliphatic rings. The number of nitrogens with two attached hydrogens (primary N) is 3. The van der Waals surface area contributed by atoms with Gasteiger partial charge in [0.15, 0.2) is 0 Å². The van der Waals surface area contributed by atoms with Gasteiger partial charge in [0.2, 0.25) is 53.2 Å². The number of nitrogens with zero attached hydrogens (tertiary/aromatic N) is 2. The maximum Gasteiger partial charge on any atom is 0.326 e. The number of carbonyl (C=O) groups excluding carboxylic acids is 9. The molecule has 0 aromatic heterocycles. The third kappa shape index (κ3) is 16.0.